The number of amides is 1. The number of benzene rings is 2. The van der Waals surface area contributed by atoms with Crippen molar-refractivity contribution in [1.82, 2.24) is 15.8 Å². The molecule has 0 atom stereocenters. The first kappa shape index (κ1) is 17.0. The van der Waals surface area contributed by atoms with Crippen LogP contribution in [0.4, 0.5) is 0 Å². The van der Waals surface area contributed by atoms with Gasteiger partial charge in [-0.1, -0.05) is 42.5 Å². The van der Waals surface area contributed by atoms with Crippen molar-refractivity contribution in [3.63, 3.8) is 0 Å². The Labute approximate surface area is 146 Å². The minimum Gasteiger partial charge on any atom is -0.361 e. The van der Waals surface area contributed by atoms with Gasteiger partial charge in [0.1, 0.15) is 0 Å². The van der Waals surface area contributed by atoms with Gasteiger partial charge >= 0.3 is 0 Å². The molecule has 0 aliphatic carbocycles. The molecule has 128 valence electrons. The Morgan fingerprint density at radius 1 is 1.12 bits per heavy atom. The molecule has 2 aromatic carbocycles. The number of carbonyl (C=O) groups excluding carboxylic acids is 1. The predicted molar refractivity (Wildman–Crippen MR) is 99.1 cm³/mol. The second-order valence-corrected chi connectivity index (χ2v) is 5.84. The van der Waals surface area contributed by atoms with Gasteiger partial charge in [0.05, 0.1) is 0 Å². The number of hydrogen-bond acceptors (Lipinski definition) is 3. The zero-order chi connectivity index (χ0) is 17.5. The number of fused-ring (bicyclic) bond motifs is 1. The smallest absolute Gasteiger partial charge is 0.267 e. The minimum atomic E-state index is -0.539. The molecule has 0 bridgehead atoms. The predicted octanol–water partition coefficient (Wildman–Crippen LogP) is 3.02. The fourth-order valence-corrected chi connectivity index (χ4v) is 2.77. The summed E-state index contributed by atoms with van der Waals surface area (Å²) in [5.41, 5.74) is 6.19. The van der Waals surface area contributed by atoms with Crippen molar-refractivity contribution in [2.24, 2.45) is 0 Å². The molecule has 3 aromatic rings. The van der Waals surface area contributed by atoms with E-state index in [0.29, 0.717) is 0 Å². The molecular formula is C20H21N3O2. The fourth-order valence-electron chi connectivity index (χ4n) is 2.77. The summed E-state index contributed by atoms with van der Waals surface area (Å²) in [5.74, 6) is -0.539. The number of aromatic nitrogens is 1. The van der Waals surface area contributed by atoms with Crippen LogP contribution in [0.2, 0.25) is 0 Å². The van der Waals surface area contributed by atoms with E-state index in [1.54, 1.807) is 11.6 Å². The molecule has 3 rings (SSSR count). The maximum atomic E-state index is 10.9. The summed E-state index contributed by atoms with van der Waals surface area (Å²) in [4.78, 5) is 14.2. The molecule has 0 saturated carbocycles. The van der Waals surface area contributed by atoms with Crippen molar-refractivity contribution in [3.8, 4) is 0 Å². The van der Waals surface area contributed by atoms with E-state index in [0.717, 1.165) is 25.1 Å². The van der Waals surface area contributed by atoms with E-state index in [1.807, 2.05) is 30.5 Å². The molecule has 0 fully saturated rings. The molecule has 0 aliphatic rings. The van der Waals surface area contributed by atoms with Gasteiger partial charge in [-0.25, -0.2) is 5.48 Å². The van der Waals surface area contributed by atoms with Gasteiger partial charge in [0.2, 0.25) is 0 Å². The van der Waals surface area contributed by atoms with Gasteiger partial charge in [0.15, 0.2) is 0 Å². The van der Waals surface area contributed by atoms with Crippen molar-refractivity contribution in [1.29, 1.82) is 0 Å². The van der Waals surface area contributed by atoms with Gasteiger partial charge in [0, 0.05) is 24.3 Å². The third-order valence-electron chi connectivity index (χ3n) is 4.09. The highest BCUT2D eigenvalue weighted by Gasteiger charge is 2.01. The van der Waals surface area contributed by atoms with Crippen LogP contribution in [0.15, 0.2) is 60.8 Å². The minimum absolute atomic E-state index is 0.539. The second kappa shape index (κ2) is 8.28. The molecular weight excluding hydrogens is 314 g/mol. The van der Waals surface area contributed by atoms with Gasteiger partial charge in [-0.05, 0) is 47.2 Å². The standard InChI is InChI=1S/C20H21N3O2/c24-19(23-25)9-8-15-4-6-16(7-5-15)14-21-12-10-17-2-1-3-18-11-13-22-20(17)18/h1-9,11,13,21-22,25H,10,12,14H2,(H,23,24)/b9-8+. The Kier molecular flexibility index (Phi) is 5.61. The average Bonchev–Trinajstić information content (AvgIpc) is 3.13. The normalized spacial score (nSPS) is 11.2. The highest BCUT2D eigenvalue weighted by molar-refractivity contribution is 5.90. The van der Waals surface area contributed by atoms with Gasteiger partial charge < -0.3 is 10.3 Å². The number of para-hydroxylation sites is 1. The van der Waals surface area contributed by atoms with Crippen LogP contribution in [0.5, 0.6) is 0 Å². The summed E-state index contributed by atoms with van der Waals surface area (Å²) < 4.78 is 0. The maximum Gasteiger partial charge on any atom is 0.267 e. The van der Waals surface area contributed by atoms with Gasteiger partial charge in [0.25, 0.3) is 5.91 Å². The Hall–Kier alpha value is -2.89. The number of H-pyrrole nitrogens is 1. The van der Waals surface area contributed by atoms with Crippen LogP contribution in [0.1, 0.15) is 16.7 Å². The van der Waals surface area contributed by atoms with E-state index in [1.165, 1.54) is 28.1 Å². The summed E-state index contributed by atoms with van der Waals surface area (Å²) in [6.07, 6.45) is 5.88. The van der Waals surface area contributed by atoms with Crippen molar-refractivity contribution in [2.45, 2.75) is 13.0 Å². The van der Waals surface area contributed by atoms with E-state index < -0.39 is 5.91 Å². The highest BCUT2D eigenvalue weighted by atomic mass is 16.5. The quantitative estimate of drug-likeness (QED) is 0.232. The Balaban J connectivity index is 1.48. The molecule has 0 aliphatic heterocycles. The lowest BCUT2D eigenvalue weighted by Crippen LogP contribution is -2.16. The van der Waals surface area contributed by atoms with Crippen molar-refractivity contribution >= 4 is 22.9 Å². The van der Waals surface area contributed by atoms with Gasteiger partial charge in [-0.2, -0.15) is 0 Å². The Morgan fingerprint density at radius 3 is 2.76 bits per heavy atom. The van der Waals surface area contributed by atoms with E-state index in [9.17, 15) is 4.79 Å². The lowest BCUT2D eigenvalue weighted by molar-refractivity contribution is -0.124. The second-order valence-electron chi connectivity index (χ2n) is 5.84. The van der Waals surface area contributed by atoms with E-state index in [2.05, 4.69) is 34.6 Å². The zero-order valence-corrected chi connectivity index (χ0v) is 13.8. The summed E-state index contributed by atoms with van der Waals surface area (Å²) in [7, 11) is 0. The van der Waals surface area contributed by atoms with Crippen molar-refractivity contribution in [2.75, 3.05) is 6.54 Å². The fraction of sp³-hybridized carbons (Fsp3) is 0.150. The molecule has 5 nitrogen and oxygen atoms in total. The van der Waals surface area contributed by atoms with Crippen LogP contribution in [-0.4, -0.2) is 22.6 Å². The van der Waals surface area contributed by atoms with Crippen LogP contribution >= 0.6 is 0 Å². The zero-order valence-electron chi connectivity index (χ0n) is 13.8. The number of hydrogen-bond donors (Lipinski definition) is 4. The number of hydroxylamine groups is 1. The molecule has 0 radical (unpaired) electrons. The Morgan fingerprint density at radius 2 is 1.96 bits per heavy atom. The molecule has 5 heteroatoms. The largest absolute Gasteiger partial charge is 0.361 e. The highest BCUT2D eigenvalue weighted by Crippen LogP contribution is 2.17. The van der Waals surface area contributed by atoms with E-state index >= 15 is 0 Å². The van der Waals surface area contributed by atoms with Gasteiger partial charge in [-0.3, -0.25) is 10.0 Å². The van der Waals surface area contributed by atoms with Crippen molar-refractivity contribution < 1.29 is 10.0 Å². The monoisotopic (exact) mass is 335 g/mol. The summed E-state index contributed by atoms with van der Waals surface area (Å²) in [6.45, 7) is 1.69. The van der Waals surface area contributed by atoms with Crippen LogP contribution in [0, 0.1) is 0 Å². The third-order valence-corrected chi connectivity index (χ3v) is 4.09. The number of carbonyl (C=O) groups is 1. The van der Waals surface area contributed by atoms with Gasteiger partial charge in [-0.15, -0.1) is 0 Å². The molecule has 0 saturated heterocycles. The molecule has 1 heterocycles. The number of aromatic amines is 1. The third kappa shape index (κ3) is 4.56. The van der Waals surface area contributed by atoms with E-state index in [4.69, 9.17) is 5.21 Å². The van der Waals surface area contributed by atoms with Crippen LogP contribution in [0.25, 0.3) is 17.0 Å². The molecule has 0 spiro atoms. The average molecular weight is 335 g/mol. The first-order chi connectivity index (χ1) is 12.3. The maximum absolute atomic E-state index is 10.9. The lowest BCUT2D eigenvalue weighted by atomic mass is 10.1. The summed E-state index contributed by atoms with van der Waals surface area (Å²) >= 11 is 0. The van der Waals surface area contributed by atoms with E-state index in [-0.39, 0.29) is 0 Å². The van der Waals surface area contributed by atoms with Crippen LogP contribution < -0.4 is 10.8 Å². The van der Waals surface area contributed by atoms with Crippen molar-refractivity contribution in [3.05, 3.63) is 77.5 Å². The number of rotatable bonds is 7. The van der Waals surface area contributed by atoms with Crippen LogP contribution in [0.3, 0.4) is 0 Å². The molecule has 4 N–H and O–H groups in total. The summed E-state index contributed by atoms with van der Waals surface area (Å²) in [5, 5.41) is 13.1. The molecule has 0 unspecified atom stereocenters. The molecule has 25 heavy (non-hydrogen) atoms. The molecule has 1 amide bonds. The lowest BCUT2D eigenvalue weighted by Gasteiger charge is -2.07. The topological polar surface area (TPSA) is 77.2 Å². The number of nitrogens with one attached hydrogen (secondary N) is 3. The first-order valence-corrected chi connectivity index (χ1v) is 8.23. The first-order valence-electron chi connectivity index (χ1n) is 8.23. The summed E-state index contributed by atoms with van der Waals surface area (Å²) in [6, 6.07) is 16.4. The molecule has 1 aromatic heterocycles. The Bertz CT molecular complexity index is 866. The van der Waals surface area contributed by atoms with Crippen LogP contribution in [-0.2, 0) is 17.8 Å². The SMILES string of the molecule is O=C(/C=C/c1ccc(CNCCc2cccc3cc[nH]c23)cc1)NO.